The van der Waals surface area contributed by atoms with Gasteiger partial charge in [0, 0.05) is 4.47 Å². The summed E-state index contributed by atoms with van der Waals surface area (Å²) < 4.78 is 22.8. The van der Waals surface area contributed by atoms with Crippen molar-refractivity contribution >= 4 is 39.0 Å². The molecule has 0 fully saturated rings. The van der Waals surface area contributed by atoms with Gasteiger partial charge in [-0.2, -0.15) is 0 Å². The Bertz CT molecular complexity index is 398. The summed E-state index contributed by atoms with van der Waals surface area (Å²) in [5.41, 5.74) is 1.01. The van der Waals surface area contributed by atoms with Crippen molar-refractivity contribution < 1.29 is 8.42 Å². The van der Waals surface area contributed by atoms with Gasteiger partial charge in [0.1, 0.15) is 0 Å². The van der Waals surface area contributed by atoms with Gasteiger partial charge in [0.15, 0.2) is 0 Å². The van der Waals surface area contributed by atoms with Crippen LogP contribution in [0.25, 0.3) is 0 Å². The van der Waals surface area contributed by atoms with Gasteiger partial charge in [0.2, 0.25) is 8.27 Å². The van der Waals surface area contributed by atoms with Gasteiger partial charge in [-0.05, 0) is 24.6 Å². The lowest BCUT2D eigenvalue weighted by Crippen LogP contribution is -1.89. The van der Waals surface area contributed by atoms with Crippen molar-refractivity contribution in [1.82, 2.24) is 0 Å². The maximum atomic E-state index is 11.0. The van der Waals surface area contributed by atoms with Crippen LogP contribution in [0.4, 0.5) is 0 Å². The molecule has 0 aliphatic carbocycles. The highest BCUT2D eigenvalue weighted by molar-refractivity contribution is 9.47. The van der Waals surface area contributed by atoms with Crippen molar-refractivity contribution in [2.75, 3.05) is 0 Å². The van der Waals surface area contributed by atoms with E-state index in [-0.39, 0.29) is 4.90 Å². The predicted octanol–water partition coefficient (Wildman–Crippen LogP) is 2.84. The fraction of sp³-hybridized carbons (Fsp3) is 0.143. The summed E-state index contributed by atoms with van der Waals surface area (Å²) in [6.07, 6.45) is 0. The average molecular weight is 314 g/mol. The molecule has 2 nitrogen and oxygen atoms in total. The summed E-state index contributed by atoms with van der Waals surface area (Å²) in [6.45, 7) is 1.90. The van der Waals surface area contributed by atoms with E-state index in [0.29, 0.717) is 0 Å². The Kier molecular flexibility index (Phi) is 2.96. The highest BCUT2D eigenvalue weighted by atomic mass is 79.9. The van der Waals surface area contributed by atoms with Crippen molar-refractivity contribution in [2.24, 2.45) is 0 Å². The van der Waals surface area contributed by atoms with Crippen molar-refractivity contribution in [1.29, 1.82) is 0 Å². The van der Waals surface area contributed by atoms with Gasteiger partial charge >= 0.3 is 0 Å². The number of rotatable bonds is 1. The van der Waals surface area contributed by atoms with Crippen LogP contribution in [-0.2, 0) is 8.27 Å². The first-order valence-electron chi connectivity index (χ1n) is 3.12. The minimum atomic E-state index is -3.26. The van der Waals surface area contributed by atoms with Gasteiger partial charge in [0.05, 0.1) is 19.7 Å². The molecule has 0 N–H and O–H groups in total. The number of benzene rings is 1. The molecule has 12 heavy (non-hydrogen) atoms. The molecular formula is C7H6Br2O2S. The third-order valence-corrected chi connectivity index (χ3v) is 4.22. The summed E-state index contributed by atoms with van der Waals surface area (Å²) in [4.78, 5) is 0.264. The van der Waals surface area contributed by atoms with Crippen LogP contribution in [0, 0.1) is 6.92 Å². The summed E-state index contributed by atoms with van der Waals surface area (Å²) in [5.74, 6) is 0. The average Bonchev–Trinajstić information content (AvgIpc) is 1.92. The van der Waals surface area contributed by atoms with E-state index in [1.165, 1.54) is 0 Å². The topological polar surface area (TPSA) is 34.1 Å². The van der Waals surface area contributed by atoms with Crippen LogP contribution >= 0.6 is 30.7 Å². The smallest absolute Gasteiger partial charge is 0.212 e. The molecule has 5 heteroatoms. The van der Waals surface area contributed by atoms with Gasteiger partial charge in [-0.15, -0.1) is 0 Å². The van der Waals surface area contributed by atoms with Crippen molar-refractivity contribution in [2.45, 2.75) is 11.8 Å². The molecule has 0 aliphatic heterocycles. The van der Waals surface area contributed by atoms with Crippen molar-refractivity contribution in [3.05, 3.63) is 28.2 Å². The fourth-order valence-electron chi connectivity index (χ4n) is 0.725. The quantitative estimate of drug-likeness (QED) is 0.747. The maximum absolute atomic E-state index is 11.0. The first-order valence-corrected chi connectivity index (χ1v) is 7.24. The van der Waals surface area contributed by atoms with Gasteiger partial charge in [-0.1, -0.05) is 22.0 Å². The summed E-state index contributed by atoms with van der Waals surface area (Å²) in [6, 6.07) is 4.88. The number of aryl methyl sites for hydroxylation is 1. The van der Waals surface area contributed by atoms with Crippen molar-refractivity contribution in [3.63, 3.8) is 0 Å². The van der Waals surface area contributed by atoms with E-state index in [2.05, 4.69) is 30.7 Å². The van der Waals surface area contributed by atoms with Crippen LogP contribution in [-0.4, -0.2) is 8.42 Å². The molecule has 0 spiro atoms. The monoisotopic (exact) mass is 312 g/mol. The Balaban J connectivity index is 3.33. The van der Waals surface area contributed by atoms with Crippen LogP contribution in [0.3, 0.4) is 0 Å². The predicted molar refractivity (Wildman–Crippen MR) is 55.0 cm³/mol. The Morgan fingerprint density at radius 1 is 1.33 bits per heavy atom. The second kappa shape index (κ2) is 3.47. The van der Waals surface area contributed by atoms with E-state index >= 15 is 0 Å². The van der Waals surface area contributed by atoms with Crippen LogP contribution in [0.2, 0.25) is 0 Å². The SMILES string of the molecule is Cc1ccc(S(=O)(=O)Br)cc1Br. The third kappa shape index (κ3) is 2.31. The molecule has 0 saturated heterocycles. The minimum absolute atomic E-state index is 0.264. The zero-order valence-corrected chi connectivity index (χ0v) is 10.2. The Morgan fingerprint density at radius 3 is 2.33 bits per heavy atom. The number of halogens is 2. The summed E-state index contributed by atoms with van der Waals surface area (Å²) >= 11 is 5.85. The van der Waals surface area contributed by atoms with Gasteiger partial charge in [0.25, 0.3) is 0 Å². The molecule has 0 unspecified atom stereocenters. The van der Waals surface area contributed by atoms with Crippen LogP contribution in [0.5, 0.6) is 0 Å². The highest BCUT2D eigenvalue weighted by Crippen LogP contribution is 2.23. The zero-order chi connectivity index (χ0) is 9.35. The molecule has 1 aromatic rings. The third-order valence-electron chi connectivity index (χ3n) is 1.42. The molecule has 0 aliphatic rings. The van der Waals surface area contributed by atoms with Gasteiger partial charge < -0.3 is 0 Å². The van der Waals surface area contributed by atoms with Gasteiger partial charge in [-0.3, -0.25) is 0 Å². The Hall–Kier alpha value is 0.130. The maximum Gasteiger partial charge on any atom is 0.237 e. The second-order valence-corrected chi connectivity index (χ2v) is 7.11. The van der Waals surface area contributed by atoms with E-state index in [1.54, 1.807) is 18.2 Å². The number of hydrogen-bond donors (Lipinski definition) is 0. The van der Waals surface area contributed by atoms with Gasteiger partial charge in [-0.25, -0.2) is 8.42 Å². The minimum Gasteiger partial charge on any atom is -0.212 e. The molecule has 0 atom stereocenters. The normalized spacial score (nSPS) is 11.6. The van der Waals surface area contributed by atoms with Crippen LogP contribution < -0.4 is 0 Å². The standard InChI is InChI=1S/C7H6Br2O2S/c1-5-2-3-6(4-7(5)8)12(9,10)11/h2-4H,1H3. The molecule has 0 aromatic heterocycles. The lowest BCUT2D eigenvalue weighted by atomic mass is 10.2. The lowest BCUT2D eigenvalue weighted by Gasteiger charge is -1.99. The Morgan fingerprint density at radius 2 is 1.92 bits per heavy atom. The summed E-state index contributed by atoms with van der Waals surface area (Å²) in [7, 11) is -3.26. The largest absolute Gasteiger partial charge is 0.237 e. The summed E-state index contributed by atoms with van der Waals surface area (Å²) in [5, 5.41) is 0. The highest BCUT2D eigenvalue weighted by Gasteiger charge is 2.09. The van der Waals surface area contributed by atoms with E-state index in [9.17, 15) is 8.42 Å². The molecule has 0 bridgehead atoms. The fourth-order valence-corrected chi connectivity index (χ4v) is 2.35. The Labute approximate surface area is 87.2 Å². The van der Waals surface area contributed by atoms with Crippen molar-refractivity contribution in [3.8, 4) is 0 Å². The first-order chi connectivity index (χ1) is 5.41. The molecule has 0 heterocycles. The van der Waals surface area contributed by atoms with E-state index < -0.39 is 8.27 Å². The first kappa shape index (κ1) is 10.2. The molecule has 1 rings (SSSR count). The molecule has 0 saturated carbocycles. The molecular weight excluding hydrogens is 308 g/mol. The van der Waals surface area contributed by atoms with Crippen LogP contribution in [0.1, 0.15) is 5.56 Å². The van der Waals surface area contributed by atoms with E-state index in [0.717, 1.165) is 10.0 Å². The van der Waals surface area contributed by atoms with E-state index in [1.807, 2.05) is 6.92 Å². The second-order valence-electron chi connectivity index (χ2n) is 2.35. The molecule has 0 radical (unpaired) electrons. The lowest BCUT2D eigenvalue weighted by molar-refractivity contribution is 0.611. The molecule has 0 amide bonds. The van der Waals surface area contributed by atoms with Crippen LogP contribution in [0.15, 0.2) is 27.6 Å². The molecule has 66 valence electrons. The number of hydrogen-bond acceptors (Lipinski definition) is 2. The van der Waals surface area contributed by atoms with E-state index in [4.69, 9.17) is 0 Å². The zero-order valence-electron chi connectivity index (χ0n) is 6.21. The molecule has 1 aromatic carbocycles.